The van der Waals surface area contributed by atoms with Crippen LogP contribution in [0.5, 0.6) is 0 Å². The van der Waals surface area contributed by atoms with Crippen LogP contribution in [0.2, 0.25) is 0 Å². The third-order valence-corrected chi connectivity index (χ3v) is 10.2. The highest BCUT2D eigenvalue weighted by Gasteiger charge is 2.38. The summed E-state index contributed by atoms with van der Waals surface area (Å²) in [6, 6.07) is 17.6. The number of aromatic nitrogens is 1. The average Bonchev–Trinajstić information content (AvgIpc) is 3.63. The van der Waals surface area contributed by atoms with Crippen molar-refractivity contribution in [2.24, 2.45) is 5.73 Å². The van der Waals surface area contributed by atoms with Crippen LogP contribution in [-0.2, 0) is 41.6 Å². The lowest BCUT2D eigenvalue weighted by molar-refractivity contribution is -0.147. The third-order valence-electron chi connectivity index (χ3n) is 10.2. The molecule has 0 bridgehead atoms. The number of hydrogen-bond donors (Lipinski definition) is 7. The largest absolute Gasteiger partial charge is 0.481 e. The van der Waals surface area contributed by atoms with Crippen molar-refractivity contribution in [3.63, 3.8) is 0 Å². The van der Waals surface area contributed by atoms with E-state index >= 15 is 0 Å². The number of aliphatic carboxylic acids is 1. The molecule has 62 heavy (non-hydrogen) atoms. The summed E-state index contributed by atoms with van der Waals surface area (Å²) in [6.07, 6.45) is 0.770. The Labute approximate surface area is 361 Å². The number of anilines is 1. The minimum absolute atomic E-state index is 0.00864. The van der Waals surface area contributed by atoms with E-state index in [-0.39, 0.29) is 32.2 Å². The minimum atomic E-state index is -1.63. The van der Waals surface area contributed by atoms with Gasteiger partial charge in [-0.25, -0.2) is 9.59 Å². The summed E-state index contributed by atoms with van der Waals surface area (Å²) in [5.41, 5.74) is 8.46. The van der Waals surface area contributed by atoms with Crippen molar-refractivity contribution >= 4 is 58.3 Å². The normalized spacial score (nSPS) is 13.1. The number of nitrogens with one attached hydrogen (secondary N) is 5. The zero-order valence-corrected chi connectivity index (χ0v) is 36.0. The van der Waals surface area contributed by atoms with E-state index in [1.807, 2.05) is 43.3 Å². The summed E-state index contributed by atoms with van der Waals surface area (Å²) in [6.45, 7) is 7.13. The van der Waals surface area contributed by atoms with E-state index in [0.29, 0.717) is 23.2 Å². The van der Waals surface area contributed by atoms with Crippen LogP contribution in [0.4, 0.5) is 15.3 Å². The Hall–Kier alpha value is -6.91. The number of likely N-dealkylation sites (N-methyl/N-ethyl adjacent to an activating group) is 2. The number of carbonyl (C=O) groups excluding carboxylic acids is 6. The minimum Gasteiger partial charge on any atom is -0.481 e. The van der Waals surface area contributed by atoms with Gasteiger partial charge in [-0.15, -0.1) is 0 Å². The van der Waals surface area contributed by atoms with E-state index < -0.39 is 77.9 Å². The SMILES string of the molecule is Cc1ccccc1NC(=O)NCCCC[C@H](NC(=O)[C@H](Cc1c[nH]c2ccccc12)N(C)C(=O)OC(C)(C)C)C(=O)N(C)[C@@H](CC(=O)O)C(=O)N[C@@H](Cc1ccccc1)C(N)=O. The first-order chi connectivity index (χ1) is 29.3. The van der Waals surface area contributed by atoms with E-state index in [1.165, 1.54) is 14.1 Å². The Kier molecular flexibility index (Phi) is 17.0. The quantitative estimate of drug-likeness (QED) is 0.0628. The average molecular weight is 855 g/mol. The van der Waals surface area contributed by atoms with Gasteiger partial charge in [0, 0.05) is 56.3 Å². The maximum Gasteiger partial charge on any atom is 0.410 e. The molecule has 4 atom stereocenters. The second kappa shape index (κ2) is 22.1. The van der Waals surface area contributed by atoms with Crippen molar-refractivity contribution in [1.29, 1.82) is 0 Å². The molecule has 4 rings (SSSR count). The van der Waals surface area contributed by atoms with Crippen molar-refractivity contribution in [1.82, 2.24) is 30.7 Å². The molecule has 0 saturated carbocycles. The fourth-order valence-electron chi connectivity index (χ4n) is 6.77. The summed E-state index contributed by atoms with van der Waals surface area (Å²) in [5.74, 6) is -4.75. The van der Waals surface area contributed by atoms with Crippen molar-refractivity contribution in [3.05, 3.63) is 102 Å². The number of fused-ring (bicyclic) bond motifs is 1. The lowest BCUT2D eigenvalue weighted by Gasteiger charge is -2.33. The lowest BCUT2D eigenvalue weighted by Crippen LogP contribution is -2.59. The number of para-hydroxylation sites is 2. The smallest absolute Gasteiger partial charge is 0.410 e. The number of carboxylic acids is 1. The number of carboxylic acid groups (broad SMARTS) is 1. The summed E-state index contributed by atoms with van der Waals surface area (Å²) < 4.78 is 5.62. The fraction of sp³-hybridized carbons (Fsp3) is 0.400. The van der Waals surface area contributed by atoms with E-state index in [0.717, 1.165) is 26.3 Å². The van der Waals surface area contributed by atoms with Crippen molar-refractivity contribution in [2.45, 2.75) is 96.0 Å². The lowest BCUT2D eigenvalue weighted by atomic mass is 10.0. The zero-order valence-electron chi connectivity index (χ0n) is 36.0. The number of benzene rings is 3. The van der Waals surface area contributed by atoms with Gasteiger partial charge in [0.25, 0.3) is 0 Å². The van der Waals surface area contributed by atoms with Crippen molar-refractivity contribution in [2.75, 3.05) is 26.0 Å². The standard InChI is InChI=1S/C45H58N8O9/c1-28-16-10-12-20-32(28)51-43(60)47-23-15-14-22-34(42(59)52(5)37(26-38(54)55)41(58)50-35(39(46)56)24-29-17-8-7-9-18-29)49-40(57)36(53(6)44(61)62-45(2,3)4)25-30-27-48-33-21-13-11-19-31(30)33/h7-13,16-21,27,34-37,48H,14-15,22-26H2,1-6H3,(H2,46,56)(H,49,57)(H,50,58)(H,54,55)(H2,47,51,60)/t34-,35-,36-,37-/m0/s1. The summed E-state index contributed by atoms with van der Waals surface area (Å²) in [4.78, 5) is 98.7. The molecule has 17 nitrogen and oxygen atoms in total. The van der Waals surface area contributed by atoms with E-state index in [9.17, 15) is 38.7 Å². The Morgan fingerprint density at radius 2 is 1.42 bits per heavy atom. The molecular weight excluding hydrogens is 797 g/mol. The predicted molar refractivity (Wildman–Crippen MR) is 234 cm³/mol. The monoisotopic (exact) mass is 854 g/mol. The van der Waals surface area contributed by atoms with Gasteiger partial charge in [-0.2, -0.15) is 0 Å². The van der Waals surface area contributed by atoms with Crippen LogP contribution in [0.25, 0.3) is 10.9 Å². The van der Waals surface area contributed by atoms with Crippen LogP contribution in [0.1, 0.15) is 63.1 Å². The van der Waals surface area contributed by atoms with E-state index in [1.54, 1.807) is 69.4 Å². The molecular formula is C45H58N8O9. The summed E-state index contributed by atoms with van der Waals surface area (Å²) >= 11 is 0. The van der Waals surface area contributed by atoms with Crippen LogP contribution >= 0.6 is 0 Å². The van der Waals surface area contributed by atoms with Crippen LogP contribution in [0.3, 0.4) is 0 Å². The van der Waals surface area contributed by atoms with E-state index in [2.05, 4.69) is 26.3 Å². The number of nitrogens with zero attached hydrogens (tertiary/aromatic N) is 2. The van der Waals surface area contributed by atoms with Gasteiger partial charge in [-0.3, -0.25) is 28.9 Å². The number of nitrogens with two attached hydrogens (primary N) is 1. The highest BCUT2D eigenvalue weighted by Crippen LogP contribution is 2.22. The second-order valence-electron chi connectivity index (χ2n) is 16.1. The van der Waals surface area contributed by atoms with Gasteiger partial charge >= 0.3 is 18.1 Å². The van der Waals surface area contributed by atoms with Crippen LogP contribution in [-0.4, -0.2) is 112 Å². The van der Waals surface area contributed by atoms with Gasteiger partial charge in [-0.1, -0.05) is 66.7 Å². The predicted octanol–water partition coefficient (Wildman–Crippen LogP) is 4.25. The van der Waals surface area contributed by atoms with Crippen LogP contribution < -0.4 is 27.0 Å². The first-order valence-corrected chi connectivity index (χ1v) is 20.4. The molecule has 8 N–H and O–H groups in total. The molecule has 17 heteroatoms. The highest BCUT2D eigenvalue weighted by atomic mass is 16.6. The number of aromatic amines is 1. The molecule has 4 aromatic rings. The molecule has 1 aromatic heterocycles. The molecule has 0 radical (unpaired) electrons. The number of H-pyrrole nitrogens is 1. The fourth-order valence-corrected chi connectivity index (χ4v) is 6.77. The van der Waals surface area contributed by atoms with Crippen LogP contribution in [0.15, 0.2) is 85.1 Å². The number of rotatable bonds is 20. The third kappa shape index (κ3) is 14.1. The van der Waals surface area contributed by atoms with Gasteiger partial charge in [-0.05, 0) is 75.8 Å². The molecule has 0 aliphatic rings. The number of urea groups is 1. The summed E-state index contributed by atoms with van der Waals surface area (Å²) in [5, 5.41) is 21.6. The number of amides is 7. The summed E-state index contributed by atoms with van der Waals surface area (Å²) in [7, 11) is 2.65. The first-order valence-electron chi connectivity index (χ1n) is 20.4. The first kappa shape index (κ1) is 47.8. The van der Waals surface area contributed by atoms with Gasteiger partial charge in [0.15, 0.2) is 0 Å². The van der Waals surface area contributed by atoms with E-state index in [4.69, 9.17) is 10.5 Å². The van der Waals surface area contributed by atoms with Crippen LogP contribution in [0, 0.1) is 6.92 Å². The molecule has 0 spiro atoms. The molecule has 0 saturated heterocycles. The molecule has 7 amide bonds. The zero-order chi connectivity index (χ0) is 45.6. The number of primary amides is 1. The highest BCUT2D eigenvalue weighted by molar-refractivity contribution is 5.97. The molecule has 0 aliphatic carbocycles. The van der Waals surface area contributed by atoms with Gasteiger partial charge in [0.2, 0.25) is 23.6 Å². The Balaban J connectivity index is 1.60. The number of ether oxygens (including phenoxy) is 1. The number of unbranched alkanes of at least 4 members (excludes halogenated alkanes) is 1. The maximum absolute atomic E-state index is 14.5. The Bertz CT molecular complexity index is 2200. The topological polar surface area (TPSA) is 245 Å². The Morgan fingerprint density at radius 3 is 2.08 bits per heavy atom. The maximum atomic E-state index is 14.5. The van der Waals surface area contributed by atoms with Gasteiger partial charge < -0.3 is 46.7 Å². The number of aryl methyl sites for hydroxylation is 1. The van der Waals surface area contributed by atoms with Gasteiger partial charge in [0.05, 0.1) is 6.42 Å². The molecule has 0 aliphatic heterocycles. The molecule has 1 heterocycles. The second-order valence-corrected chi connectivity index (χ2v) is 16.1. The molecule has 332 valence electrons. The molecule has 0 unspecified atom stereocenters. The number of carbonyl (C=O) groups is 7. The van der Waals surface area contributed by atoms with Crippen molar-refractivity contribution < 1.29 is 43.4 Å². The Morgan fingerprint density at radius 1 is 0.790 bits per heavy atom. The van der Waals surface area contributed by atoms with Gasteiger partial charge in [0.1, 0.15) is 29.8 Å². The number of hydrogen-bond acceptors (Lipinski definition) is 8. The van der Waals surface area contributed by atoms with Crippen molar-refractivity contribution in [3.8, 4) is 0 Å². The molecule has 3 aromatic carbocycles. The molecule has 0 fully saturated rings.